The highest BCUT2D eigenvalue weighted by Crippen LogP contribution is 2.53. The Labute approximate surface area is 168 Å². The average Bonchev–Trinajstić information content (AvgIpc) is 3.15. The van der Waals surface area contributed by atoms with Gasteiger partial charge in [-0.2, -0.15) is 0 Å². The molecule has 0 radical (unpaired) electrons. The monoisotopic (exact) mass is 370 g/mol. The first-order valence-corrected chi connectivity index (χ1v) is 11.1. The van der Waals surface area contributed by atoms with Gasteiger partial charge in [-0.25, -0.2) is 0 Å². The van der Waals surface area contributed by atoms with Gasteiger partial charge in [0.2, 0.25) is 0 Å². The van der Waals surface area contributed by atoms with Crippen LogP contribution in [0, 0.1) is 28.6 Å². The highest BCUT2D eigenvalue weighted by molar-refractivity contribution is 5.31. The van der Waals surface area contributed by atoms with Crippen molar-refractivity contribution in [3.8, 4) is 5.75 Å². The molecule has 1 aromatic carbocycles. The summed E-state index contributed by atoms with van der Waals surface area (Å²) in [5.74, 6) is 4.18. The van der Waals surface area contributed by atoms with Crippen LogP contribution < -0.4 is 4.74 Å². The zero-order valence-electron chi connectivity index (χ0n) is 19.1. The summed E-state index contributed by atoms with van der Waals surface area (Å²) in [6, 6.07) is 9.05. The van der Waals surface area contributed by atoms with Crippen LogP contribution in [0.5, 0.6) is 5.75 Å². The van der Waals surface area contributed by atoms with Gasteiger partial charge in [0, 0.05) is 5.92 Å². The van der Waals surface area contributed by atoms with E-state index in [2.05, 4.69) is 79.7 Å². The van der Waals surface area contributed by atoms with E-state index in [9.17, 15) is 0 Å². The van der Waals surface area contributed by atoms with Crippen LogP contribution in [-0.2, 0) is 0 Å². The van der Waals surface area contributed by atoms with E-state index in [0.29, 0.717) is 11.3 Å². The first-order valence-electron chi connectivity index (χ1n) is 11.1. The molecular weight excluding hydrogens is 328 g/mol. The van der Waals surface area contributed by atoms with Gasteiger partial charge in [-0.1, -0.05) is 60.1 Å². The maximum Gasteiger partial charge on any atom is 0.120 e. The maximum absolute atomic E-state index is 6.56. The summed E-state index contributed by atoms with van der Waals surface area (Å²) < 4.78 is 6.56. The summed E-state index contributed by atoms with van der Waals surface area (Å²) in [5, 5.41) is 0. The third-order valence-corrected chi connectivity index (χ3v) is 7.16. The second kappa shape index (κ2) is 7.12. The van der Waals surface area contributed by atoms with Crippen LogP contribution in [0.3, 0.4) is 0 Å². The van der Waals surface area contributed by atoms with Crippen LogP contribution in [0.25, 0.3) is 0 Å². The number of hydrogen-bond donors (Lipinski definition) is 0. The Kier molecular flexibility index (Phi) is 5.47. The Bertz CT molecular complexity index is 626. The number of hydrogen-bond acceptors (Lipinski definition) is 1. The minimum atomic E-state index is -0.0593. The van der Waals surface area contributed by atoms with Gasteiger partial charge in [0.1, 0.15) is 11.4 Å². The summed E-state index contributed by atoms with van der Waals surface area (Å²) in [6.45, 7) is 18.8. The second-order valence-electron chi connectivity index (χ2n) is 12.2. The van der Waals surface area contributed by atoms with Gasteiger partial charge < -0.3 is 4.74 Å². The molecule has 2 bridgehead atoms. The number of benzene rings is 1. The molecule has 2 fully saturated rings. The molecule has 2 aliphatic carbocycles. The zero-order chi connectivity index (χ0) is 20.0. The molecule has 2 saturated carbocycles. The molecule has 1 nitrogen and oxygen atoms in total. The summed E-state index contributed by atoms with van der Waals surface area (Å²) in [4.78, 5) is 0. The Hall–Kier alpha value is -0.980. The van der Waals surface area contributed by atoms with E-state index >= 15 is 0 Å². The molecular formula is C26H42O. The fourth-order valence-electron chi connectivity index (χ4n) is 5.78. The third kappa shape index (κ3) is 4.90. The lowest BCUT2D eigenvalue weighted by Crippen LogP contribution is -2.40. The van der Waals surface area contributed by atoms with Gasteiger partial charge in [-0.3, -0.25) is 0 Å². The van der Waals surface area contributed by atoms with E-state index in [0.717, 1.165) is 23.5 Å². The molecule has 27 heavy (non-hydrogen) atoms. The van der Waals surface area contributed by atoms with Crippen LogP contribution in [-0.4, -0.2) is 5.60 Å². The van der Waals surface area contributed by atoms with Gasteiger partial charge >= 0.3 is 0 Å². The SMILES string of the molecule is CC(C)(C)CC(c1ccc(OC(C)(C)C2CC3CCC2C3)cc1)C(C)(C)C. The molecule has 0 spiro atoms. The van der Waals surface area contributed by atoms with Crippen molar-refractivity contribution < 1.29 is 4.74 Å². The first-order chi connectivity index (χ1) is 12.4. The Balaban J connectivity index is 1.72. The molecule has 3 rings (SSSR count). The first kappa shape index (κ1) is 20.7. The van der Waals surface area contributed by atoms with Crippen LogP contribution in [0.1, 0.15) is 99.0 Å². The van der Waals surface area contributed by atoms with E-state index < -0.39 is 0 Å². The molecule has 1 heteroatoms. The largest absolute Gasteiger partial charge is 0.488 e. The second-order valence-corrected chi connectivity index (χ2v) is 12.2. The molecule has 0 amide bonds. The predicted molar refractivity (Wildman–Crippen MR) is 116 cm³/mol. The standard InChI is InChI=1S/C26H42O/c1-24(2,3)17-23(25(4,5)6)19-11-13-21(14-12-19)27-26(7,8)22-16-18-9-10-20(22)15-18/h11-14,18,20,22-23H,9-10,15-17H2,1-8H3. The van der Waals surface area contributed by atoms with Crippen molar-refractivity contribution in [1.82, 2.24) is 0 Å². The highest BCUT2D eigenvalue weighted by Gasteiger charge is 2.47. The fourth-order valence-corrected chi connectivity index (χ4v) is 5.78. The Morgan fingerprint density at radius 1 is 0.889 bits per heavy atom. The molecule has 0 aliphatic heterocycles. The maximum atomic E-state index is 6.56. The quantitative estimate of drug-likeness (QED) is 0.513. The molecule has 0 saturated heterocycles. The smallest absolute Gasteiger partial charge is 0.120 e. The minimum Gasteiger partial charge on any atom is -0.488 e. The summed E-state index contributed by atoms with van der Waals surface area (Å²) >= 11 is 0. The van der Waals surface area contributed by atoms with Crippen molar-refractivity contribution in [2.24, 2.45) is 28.6 Å². The molecule has 2 aliphatic rings. The molecule has 152 valence electrons. The molecule has 4 unspecified atom stereocenters. The summed E-state index contributed by atoms with van der Waals surface area (Å²) in [5.41, 5.74) is 1.98. The van der Waals surface area contributed by atoms with Gasteiger partial charge in [-0.15, -0.1) is 0 Å². The lowest BCUT2D eigenvalue weighted by molar-refractivity contribution is 0.0162. The Morgan fingerprint density at radius 2 is 1.52 bits per heavy atom. The van der Waals surface area contributed by atoms with Gasteiger partial charge in [-0.05, 0) is 85.8 Å². The lowest BCUT2D eigenvalue weighted by Gasteiger charge is -2.38. The van der Waals surface area contributed by atoms with Gasteiger partial charge in [0.25, 0.3) is 0 Å². The van der Waals surface area contributed by atoms with Crippen LogP contribution in [0.15, 0.2) is 24.3 Å². The van der Waals surface area contributed by atoms with E-state index in [1.54, 1.807) is 0 Å². The van der Waals surface area contributed by atoms with Crippen molar-refractivity contribution in [2.75, 3.05) is 0 Å². The Morgan fingerprint density at radius 3 is 1.96 bits per heavy atom. The molecule has 0 heterocycles. The van der Waals surface area contributed by atoms with Crippen molar-refractivity contribution in [3.63, 3.8) is 0 Å². The van der Waals surface area contributed by atoms with E-state index in [1.807, 2.05) is 0 Å². The number of fused-ring (bicyclic) bond motifs is 2. The van der Waals surface area contributed by atoms with Crippen molar-refractivity contribution in [1.29, 1.82) is 0 Å². The van der Waals surface area contributed by atoms with Crippen LogP contribution >= 0.6 is 0 Å². The molecule has 1 aromatic rings. The summed E-state index contributed by atoms with van der Waals surface area (Å²) in [7, 11) is 0. The van der Waals surface area contributed by atoms with E-state index in [1.165, 1.54) is 37.7 Å². The number of rotatable bonds is 5. The van der Waals surface area contributed by atoms with Gasteiger partial charge in [0.15, 0.2) is 0 Å². The van der Waals surface area contributed by atoms with Crippen LogP contribution in [0.2, 0.25) is 0 Å². The average molecular weight is 371 g/mol. The molecule has 0 N–H and O–H groups in total. The highest BCUT2D eigenvalue weighted by atomic mass is 16.5. The van der Waals surface area contributed by atoms with Gasteiger partial charge in [0.05, 0.1) is 0 Å². The predicted octanol–water partition coefficient (Wildman–Crippen LogP) is 7.85. The molecule has 0 aromatic heterocycles. The van der Waals surface area contributed by atoms with E-state index in [4.69, 9.17) is 4.74 Å². The number of ether oxygens (including phenoxy) is 1. The van der Waals surface area contributed by atoms with E-state index in [-0.39, 0.29) is 11.0 Å². The minimum absolute atomic E-state index is 0.0593. The van der Waals surface area contributed by atoms with Crippen molar-refractivity contribution in [3.05, 3.63) is 29.8 Å². The third-order valence-electron chi connectivity index (χ3n) is 7.16. The zero-order valence-corrected chi connectivity index (χ0v) is 19.1. The van der Waals surface area contributed by atoms with Crippen molar-refractivity contribution in [2.45, 2.75) is 99.0 Å². The van der Waals surface area contributed by atoms with Crippen molar-refractivity contribution >= 4 is 0 Å². The van der Waals surface area contributed by atoms with Crippen LogP contribution in [0.4, 0.5) is 0 Å². The topological polar surface area (TPSA) is 9.23 Å². The molecule has 4 atom stereocenters. The lowest BCUT2D eigenvalue weighted by atomic mass is 9.69. The summed E-state index contributed by atoms with van der Waals surface area (Å²) in [6.07, 6.45) is 6.88. The fraction of sp³-hybridized carbons (Fsp3) is 0.769. The normalized spacial score (nSPS) is 27.0.